The summed E-state index contributed by atoms with van der Waals surface area (Å²) in [5, 5.41) is 7.62. The fraction of sp³-hybridized carbons (Fsp3) is 0.238. The molecule has 1 N–H and O–H groups in total. The van der Waals surface area contributed by atoms with Crippen LogP contribution in [-0.4, -0.2) is 15.7 Å². The maximum atomic E-state index is 13.0. The van der Waals surface area contributed by atoms with Crippen LogP contribution < -0.4 is 5.32 Å². The molecule has 5 heteroatoms. The lowest BCUT2D eigenvalue weighted by Gasteiger charge is -2.17. The topological polar surface area (TPSA) is 46.9 Å². The molecule has 1 fully saturated rings. The number of benzene rings is 2. The van der Waals surface area contributed by atoms with Crippen LogP contribution in [-0.2, 0) is 10.2 Å². The second-order valence-electron chi connectivity index (χ2n) is 6.94. The first-order chi connectivity index (χ1) is 12.5. The summed E-state index contributed by atoms with van der Waals surface area (Å²) < 4.78 is 2.90. The number of hydrogen-bond acceptors (Lipinski definition) is 2. The van der Waals surface area contributed by atoms with Crippen molar-refractivity contribution in [1.29, 1.82) is 0 Å². The molecule has 1 saturated carbocycles. The third-order valence-corrected chi connectivity index (χ3v) is 5.41. The number of carbonyl (C=O) groups is 1. The lowest BCUT2D eigenvalue weighted by Crippen LogP contribution is -2.27. The Bertz CT molecular complexity index is 988. The summed E-state index contributed by atoms with van der Waals surface area (Å²) in [5.74, 6) is 0.0566. The molecule has 1 amide bonds. The van der Waals surface area contributed by atoms with E-state index in [0.29, 0.717) is 0 Å². The molecule has 0 bridgehead atoms. The Morgan fingerprint density at radius 3 is 2.54 bits per heavy atom. The molecule has 132 valence electrons. The lowest BCUT2D eigenvalue weighted by molar-refractivity contribution is -0.118. The van der Waals surface area contributed by atoms with E-state index in [4.69, 9.17) is 0 Å². The highest BCUT2D eigenvalue weighted by Crippen LogP contribution is 2.49. The SMILES string of the molecule is Cc1cc(C)n(-c2cccc(NC(=O)C3(c4cccc(Br)c4)CC3)c2)n1. The first-order valence-corrected chi connectivity index (χ1v) is 9.48. The minimum atomic E-state index is -0.405. The van der Waals surface area contributed by atoms with Crippen molar-refractivity contribution >= 4 is 27.5 Å². The molecule has 26 heavy (non-hydrogen) atoms. The normalized spacial score (nSPS) is 14.9. The van der Waals surface area contributed by atoms with Crippen LogP contribution in [0.25, 0.3) is 5.69 Å². The van der Waals surface area contributed by atoms with E-state index >= 15 is 0 Å². The van der Waals surface area contributed by atoms with Gasteiger partial charge in [0, 0.05) is 15.9 Å². The number of aryl methyl sites for hydroxylation is 2. The Balaban J connectivity index is 1.59. The van der Waals surface area contributed by atoms with Gasteiger partial charge >= 0.3 is 0 Å². The molecule has 4 rings (SSSR count). The third kappa shape index (κ3) is 3.07. The van der Waals surface area contributed by atoms with Gasteiger partial charge in [0.25, 0.3) is 0 Å². The molecular weight excluding hydrogens is 390 g/mol. The summed E-state index contributed by atoms with van der Waals surface area (Å²) in [4.78, 5) is 13.0. The molecule has 1 heterocycles. The Morgan fingerprint density at radius 2 is 1.88 bits per heavy atom. The van der Waals surface area contributed by atoms with Crippen LogP contribution in [0, 0.1) is 13.8 Å². The summed E-state index contributed by atoms with van der Waals surface area (Å²) in [5.41, 5.74) is 4.45. The minimum Gasteiger partial charge on any atom is -0.325 e. The molecule has 0 atom stereocenters. The van der Waals surface area contributed by atoms with E-state index in [9.17, 15) is 4.79 Å². The smallest absolute Gasteiger partial charge is 0.235 e. The molecule has 1 aliphatic rings. The van der Waals surface area contributed by atoms with Crippen LogP contribution in [0.3, 0.4) is 0 Å². The Labute approximate surface area is 161 Å². The number of hydrogen-bond donors (Lipinski definition) is 1. The van der Waals surface area contributed by atoms with Crippen molar-refractivity contribution in [1.82, 2.24) is 9.78 Å². The number of amides is 1. The molecule has 1 aliphatic carbocycles. The van der Waals surface area contributed by atoms with E-state index in [0.717, 1.165) is 45.6 Å². The van der Waals surface area contributed by atoms with E-state index in [-0.39, 0.29) is 5.91 Å². The molecule has 1 aromatic heterocycles. The van der Waals surface area contributed by atoms with Gasteiger partial charge in [-0.3, -0.25) is 4.79 Å². The maximum absolute atomic E-state index is 13.0. The number of nitrogens with zero attached hydrogens (tertiary/aromatic N) is 2. The third-order valence-electron chi connectivity index (χ3n) is 4.92. The van der Waals surface area contributed by atoms with Crippen molar-refractivity contribution in [2.75, 3.05) is 5.32 Å². The summed E-state index contributed by atoms with van der Waals surface area (Å²) in [7, 11) is 0. The maximum Gasteiger partial charge on any atom is 0.235 e. The quantitative estimate of drug-likeness (QED) is 0.664. The molecule has 0 aliphatic heterocycles. The largest absolute Gasteiger partial charge is 0.325 e. The zero-order chi connectivity index (χ0) is 18.3. The van der Waals surface area contributed by atoms with Gasteiger partial charge < -0.3 is 5.32 Å². The van der Waals surface area contributed by atoms with Crippen LogP contribution in [0.2, 0.25) is 0 Å². The Kier molecular flexibility index (Phi) is 4.19. The molecule has 0 spiro atoms. The van der Waals surface area contributed by atoms with E-state index in [2.05, 4.69) is 26.3 Å². The van der Waals surface area contributed by atoms with Crippen LogP contribution in [0.4, 0.5) is 5.69 Å². The average Bonchev–Trinajstić information content (AvgIpc) is 3.35. The van der Waals surface area contributed by atoms with Gasteiger partial charge in [-0.15, -0.1) is 0 Å². The number of halogens is 1. The molecule has 0 saturated heterocycles. The number of anilines is 1. The zero-order valence-electron chi connectivity index (χ0n) is 14.8. The summed E-state index contributed by atoms with van der Waals surface area (Å²) in [6, 6.07) is 17.9. The predicted octanol–water partition coefficient (Wildman–Crippen LogP) is 4.92. The number of nitrogens with one attached hydrogen (secondary N) is 1. The Hall–Kier alpha value is -2.40. The van der Waals surface area contributed by atoms with E-state index in [1.54, 1.807) is 0 Å². The molecule has 0 radical (unpaired) electrons. The second-order valence-corrected chi connectivity index (χ2v) is 7.85. The second kappa shape index (κ2) is 6.40. The fourth-order valence-corrected chi connectivity index (χ4v) is 3.81. The van der Waals surface area contributed by atoms with Crippen molar-refractivity contribution < 1.29 is 4.79 Å². The molecule has 4 nitrogen and oxygen atoms in total. The Morgan fingerprint density at radius 1 is 1.12 bits per heavy atom. The summed E-state index contributed by atoms with van der Waals surface area (Å²) in [6.45, 7) is 4.00. The zero-order valence-corrected chi connectivity index (χ0v) is 16.4. The predicted molar refractivity (Wildman–Crippen MR) is 107 cm³/mol. The lowest BCUT2D eigenvalue weighted by atomic mass is 9.95. The van der Waals surface area contributed by atoms with Crippen LogP contribution >= 0.6 is 15.9 Å². The summed E-state index contributed by atoms with van der Waals surface area (Å²) >= 11 is 3.50. The van der Waals surface area contributed by atoms with Gasteiger partial charge in [-0.25, -0.2) is 4.68 Å². The van der Waals surface area contributed by atoms with Crippen LogP contribution in [0.1, 0.15) is 29.8 Å². The van der Waals surface area contributed by atoms with E-state index < -0.39 is 5.41 Å². The molecule has 0 unspecified atom stereocenters. The number of carbonyl (C=O) groups excluding carboxylic acids is 1. The van der Waals surface area contributed by atoms with Crippen LogP contribution in [0.15, 0.2) is 59.1 Å². The highest BCUT2D eigenvalue weighted by Gasteiger charge is 2.51. The van der Waals surface area contributed by atoms with Crippen LogP contribution in [0.5, 0.6) is 0 Å². The standard InChI is InChI=1S/C21H20BrN3O/c1-14-11-15(2)25(24-14)19-8-4-7-18(13-19)23-20(26)21(9-10-21)16-5-3-6-17(22)12-16/h3-8,11-13H,9-10H2,1-2H3,(H,23,26). The highest BCUT2D eigenvalue weighted by molar-refractivity contribution is 9.10. The van der Waals surface area contributed by atoms with E-state index in [1.165, 1.54) is 0 Å². The first kappa shape index (κ1) is 17.0. The van der Waals surface area contributed by atoms with Crippen molar-refractivity contribution in [3.05, 3.63) is 76.0 Å². The summed E-state index contributed by atoms with van der Waals surface area (Å²) in [6.07, 6.45) is 1.76. The van der Waals surface area contributed by atoms with Crippen molar-refractivity contribution in [2.24, 2.45) is 0 Å². The van der Waals surface area contributed by atoms with Gasteiger partial charge in [0.05, 0.1) is 16.8 Å². The van der Waals surface area contributed by atoms with Crippen molar-refractivity contribution in [3.8, 4) is 5.69 Å². The molecule has 2 aromatic carbocycles. The van der Waals surface area contributed by atoms with E-state index in [1.807, 2.05) is 73.1 Å². The van der Waals surface area contributed by atoms with Gasteiger partial charge in [-0.1, -0.05) is 34.1 Å². The molecule has 3 aromatic rings. The number of aromatic nitrogens is 2. The van der Waals surface area contributed by atoms with Gasteiger partial charge in [0.1, 0.15) is 0 Å². The average molecular weight is 410 g/mol. The van der Waals surface area contributed by atoms with Crippen molar-refractivity contribution in [2.45, 2.75) is 32.1 Å². The van der Waals surface area contributed by atoms with Gasteiger partial charge in [-0.2, -0.15) is 5.10 Å². The van der Waals surface area contributed by atoms with Gasteiger partial charge in [0.15, 0.2) is 0 Å². The monoisotopic (exact) mass is 409 g/mol. The fourth-order valence-electron chi connectivity index (χ4n) is 3.41. The first-order valence-electron chi connectivity index (χ1n) is 8.69. The minimum absolute atomic E-state index is 0.0566. The highest BCUT2D eigenvalue weighted by atomic mass is 79.9. The van der Waals surface area contributed by atoms with Gasteiger partial charge in [0.2, 0.25) is 5.91 Å². The molecular formula is C21H20BrN3O. The number of rotatable bonds is 4. The van der Waals surface area contributed by atoms with Gasteiger partial charge in [-0.05, 0) is 68.7 Å². The van der Waals surface area contributed by atoms with Crippen molar-refractivity contribution in [3.63, 3.8) is 0 Å².